The number of ketones is 1. The zero-order valence-electron chi connectivity index (χ0n) is 15.4. The van der Waals surface area contributed by atoms with Gasteiger partial charge in [-0.25, -0.2) is 4.98 Å². The van der Waals surface area contributed by atoms with Crippen molar-refractivity contribution in [3.8, 4) is 5.69 Å². The number of fused-ring (bicyclic) bond motifs is 1. The molecule has 2 heterocycles. The van der Waals surface area contributed by atoms with E-state index in [4.69, 9.17) is 0 Å². The summed E-state index contributed by atoms with van der Waals surface area (Å²) in [5.74, 6) is -0.304. The van der Waals surface area contributed by atoms with Gasteiger partial charge in [0.1, 0.15) is 5.52 Å². The fourth-order valence-electron chi connectivity index (χ4n) is 2.98. The Morgan fingerprint density at radius 3 is 2.64 bits per heavy atom. The third-order valence-electron chi connectivity index (χ3n) is 4.42. The molecule has 2 aromatic carbocycles. The summed E-state index contributed by atoms with van der Waals surface area (Å²) in [6, 6.07) is 15.9. The van der Waals surface area contributed by atoms with Crippen molar-refractivity contribution >= 4 is 28.5 Å². The number of pyridine rings is 1. The Labute approximate surface area is 161 Å². The largest absolute Gasteiger partial charge is 0.322 e. The average Bonchev–Trinajstić information content (AvgIpc) is 3.12. The molecule has 0 spiro atoms. The Kier molecular flexibility index (Phi) is 4.41. The number of carbonyl (C=O) groups excluding carboxylic acids is 2. The van der Waals surface area contributed by atoms with Crippen molar-refractivity contribution in [2.45, 2.75) is 13.8 Å². The third kappa shape index (κ3) is 3.25. The summed E-state index contributed by atoms with van der Waals surface area (Å²) in [6.07, 6.45) is 1.69. The molecule has 1 N–H and O–H groups in total. The molecule has 1 amide bonds. The van der Waals surface area contributed by atoms with Gasteiger partial charge in [-0.2, -0.15) is 4.68 Å². The van der Waals surface area contributed by atoms with Gasteiger partial charge in [-0.3, -0.25) is 9.59 Å². The van der Waals surface area contributed by atoms with Crippen LogP contribution in [-0.2, 0) is 0 Å². The quantitative estimate of drug-likeness (QED) is 0.554. The van der Waals surface area contributed by atoms with Gasteiger partial charge in [0.2, 0.25) is 0 Å². The molecule has 4 rings (SSSR count). The number of hydrogen-bond donors (Lipinski definition) is 1. The maximum absolute atomic E-state index is 12.6. The zero-order chi connectivity index (χ0) is 19.7. The first kappa shape index (κ1) is 17.5. The van der Waals surface area contributed by atoms with Gasteiger partial charge in [0.15, 0.2) is 11.4 Å². The van der Waals surface area contributed by atoms with Gasteiger partial charge in [-0.1, -0.05) is 17.3 Å². The number of Topliss-reactive ketones (excluding diaryl/α,β-unsaturated/α-hetero) is 1. The predicted molar refractivity (Wildman–Crippen MR) is 106 cm³/mol. The molecule has 0 atom stereocenters. The highest BCUT2D eigenvalue weighted by Crippen LogP contribution is 2.20. The first-order valence-corrected chi connectivity index (χ1v) is 8.73. The van der Waals surface area contributed by atoms with Gasteiger partial charge >= 0.3 is 0 Å². The molecule has 7 nitrogen and oxygen atoms in total. The van der Waals surface area contributed by atoms with E-state index in [1.54, 1.807) is 47.3 Å². The van der Waals surface area contributed by atoms with Crippen molar-refractivity contribution in [2.75, 3.05) is 5.32 Å². The van der Waals surface area contributed by atoms with Crippen LogP contribution in [0.4, 0.5) is 5.69 Å². The van der Waals surface area contributed by atoms with E-state index in [2.05, 4.69) is 20.6 Å². The van der Waals surface area contributed by atoms with Crippen molar-refractivity contribution in [1.82, 2.24) is 20.0 Å². The summed E-state index contributed by atoms with van der Waals surface area (Å²) in [4.78, 5) is 28.5. The van der Waals surface area contributed by atoms with Gasteiger partial charge in [0, 0.05) is 23.0 Å². The van der Waals surface area contributed by atoms with Crippen LogP contribution in [0.3, 0.4) is 0 Å². The van der Waals surface area contributed by atoms with Crippen LogP contribution in [-0.4, -0.2) is 31.7 Å². The number of aromatic nitrogens is 4. The number of amides is 1. The molecular weight excluding hydrogens is 354 g/mol. The highest BCUT2D eigenvalue weighted by Gasteiger charge is 2.13. The standard InChI is InChI=1S/C21H17N5O2/c1-13-11-16(21(28)23-17-6-3-5-15(12-17)14(2)27)8-9-19(13)26-20-18(24-25-26)7-4-10-22-20/h3-12H,1-2H3,(H,23,28). The van der Waals surface area contributed by atoms with Crippen LogP contribution < -0.4 is 5.32 Å². The minimum absolute atomic E-state index is 0.0510. The van der Waals surface area contributed by atoms with Crippen LogP contribution in [0.1, 0.15) is 33.2 Å². The minimum atomic E-state index is -0.253. The van der Waals surface area contributed by atoms with E-state index in [0.717, 1.165) is 11.3 Å². The summed E-state index contributed by atoms with van der Waals surface area (Å²) in [5, 5.41) is 11.1. The highest BCUT2D eigenvalue weighted by molar-refractivity contribution is 6.05. The van der Waals surface area contributed by atoms with Crippen molar-refractivity contribution in [2.24, 2.45) is 0 Å². The molecule has 0 bridgehead atoms. The molecule has 0 unspecified atom stereocenters. The monoisotopic (exact) mass is 371 g/mol. The number of benzene rings is 2. The van der Waals surface area contributed by atoms with E-state index in [-0.39, 0.29) is 11.7 Å². The number of anilines is 1. The van der Waals surface area contributed by atoms with E-state index in [0.29, 0.717) is 28.0 Å². The van der Waals surface area contributed by atoms with Crippen LogP contribution in [0, 0.1) is 6.92 Å². The van der Waals surface area contributed by atoms with Gasteiger partial charge < -0.3 is 5.32 Å². The number of nitrogens with zero attached hydrogens (tertiary/aromatic N) is 4. The molecule has 0 aliphatic rings. The molecule has 0 saturated carbocycles. The Morgan fingerprint density at radius 2 is 1.86 bits per heavy atom. The topological polar surface area (TPSA) is 89.8 Å². The summed E-state index contributed by atoms with van der Waals surface area (Å²) < 4.78 is 1.66. The van der Waals surface area contributed by atoms with Crippen molar-refractivity contribution in [1.29, 1.82) is 0 Å². The lowest BCUT2D eigenvalue weighted by Crippen LogP contribution is -2.13. The van der Waals surface area contributed by atoms with E-state index >= 15 is 0 Å². The van der Waals surface area contributed by atoms with Crippen molar-refractivity contribution < 1.29 is 9.59 Å². The molecule has 0 saturated heterocycles. The number of aryl methyl sites for hydroxylation is 1. The Morgan fingerprint density at radius 1 is 1.00 bits per heavy atom. The SMILES string of the molecule is CC(=O)c1cccc(NC(=O)c2ccc(-n3nnc4cccnc43)c(C)c2)c1. The second-order valence-electron chi connectivity index (χ2n) is 6.44. The molecule has 7 heteroatoms. The average molecular weight is 371 g/mol. The maximum Gasteiger partial charge on any atom is 0.255 e. The number of hydrogen-bond acceptors (Lipinski definition) is 5. The minimum Gasteiger partial charge on any atom is -0.322 e. The predicted octanol–water partition coefficient (Wildman–Crippen LogP) is 3.58. The molecule has 4 aromatic rings. The molecule has 0 aliphatic heterocycles. The van der Waals surface area contributed by atoms with Crippen LogP contribution in [0.15, 0.2) is 60.8 Å². The van der Waals surface area contributed by atoms with Crippen LogP contribution in [0.2, 0.25) is 0 Å². The van der Waals surface area contributed by atoms with Gasteiger partial charge in [0.05, 0.1) is 5.69 Å². The fourth-order valence-corrected chi connectivity index (χ4v) is 2.98. The highest BCUT2D eigenvalue weighted by atomic mass is 16.1. The van der Waals surface area contributed by atoms with E-state index < -0.39 is 0 Å². The second-order valence-corrected chi connectivity index (χ2v) is 6.44. The number of nitrogens with one attached hydrogen (secondary N) is 1. The fraction of sp³-hybridized carbons (Fsp3) is 0.0952. The van der Waals surface area contributed by atoms with Crippen LogP contribution >= 0.6 is 0 Å². The van der Waals surface area contributed by atoms with E-state index in [1.165, 1.54) is 6.92 Å². The molecule has 2 aromatic heterocycles. The molecule has 0 fully saturated rings. The lowest BCUT2D eigenvalue weighted by Gasteiger charge is -2.10. The normalized spacial score (nSPS) is 10.8. The Hall–Kier alpha value is -3.87. The van der Waals surface area contributed by atoms with Crippen molar-refractivity contribution in [3.63, 3.8) is 0 Å². The molecule has 0 aliphatic carbocycles. The number of carbonyl (C=O) groups is 2. The third-order valence-corrected chi connectivity index (χ3v) is 4.42. The first-order chi connectivity index (χ1) is 13.5. The molecule has 0 radical (unpaired) electrons. The van der Waals surface area contributed by atoms with E-state index in [9.17, 15) is 9.59 Å². The lowest BCUT2D eigenvalue weighted by molar-refractivity contribution is 0.101. The first-order valence-electron chi connectivity index (χ1n) is 8.73. The molecular formula is C21H17N5O2. The summed E-state index contributed by atoms with van der Waals surface area (Å²) >= 11 is 0. The van der Waals surface area contributed by atoms with Crippen LogP contribution in [0.25, 0.3) is 16.9 Å². The van der Waals surface area contributed by atoms with Gasteiger partial charge in [-0.05, 0) is 61.9 Å². The van der Waals surface area contributed by atoms with Gasteiger partial charge in [-0.15, -0.1) is 5.10 Å². The summed E-state index contributed by atoms with van der Waals surface area (Å²) in [7, 11) is 0. The van der Waals surface area contributed by atoms with E-state index in [1.807, 2.05) is 25.1 Å². The smallest absolute Gasteiger partial charge is 0.255 e. The Balaban J connectivity index is 1.62. The molecule has 138 valence electrons. The number of rotatable bonds is 4. The van der Waals surface area contributed by atoms with Crippen LogP contribution in [0.5, 0.6) is 0 Å². The lowest BCUT2D eigenvalue weighted by atomic mass is 10.1. The Bertz CT molecular complexity index is 1210. The summed E-state index contributed by atoms with van der Waals surface area (Å²) in [6.45, 7) is 3.39. The second kappa shape index (κ2) is 7.03. The van der Waals surface area contributed by atoms with Gasteiger partial charge in [0.25, 0.3) is 5.91 Å². The summed E-state index contributed by atoms with van der Waals surface area (Å²) in [5.41, 5.74) is 4.66. The molecule has 28 heavy (non-hydrogen) atoms. The zero-order valence-corrected chi connectivity index (χ0v) is 15.4. The van der Waals surface area contributed by atoms with Crippen molar-refractivity contribution in [3.05, 3.63) is 77.5 Å². The maximum atomic E-state index is 12.6.